The van der Waals surface area contributed by atoms with Gasteiger partial charge in [0.05, 0.1) is 6.42 Å². The van der Waals surface area contributed by atoms with Gasteiger partial charge in [-0.2, -0.15) is 0 Å². The highest BCUT2D eigenvalue weighted by atomic mass is 16.3. The molecule has 25 heavy (non-hydrogen) atoms. The lowest BCUT2D eigenvalue weighted by molar-refractivity contribution is -0.117. The summed E-state index contributed by atoms with van der Waals surface area (Å²) in [6, 6.07) is 24.2. The van der Waals surface area contributed by atoms with Crippen LogP contribution in [0.25, 0.3) is 0 Å². The zero-order chi connectivity index (χ0) is 17.6. The Morgan fingerprint density at radius 1 is 0.720 bits per heavy atom. The van der Waals surface area contributed by atoms with Crippen molar-refractivity contribution in [2.24, 2.45) is 0 Å². The number of para-hydroxylation sites is 1. The fourth-order valence-electron chi connectivity index (χ4n) is 2.56. The minimum atomic E-state index is -0.328. The van der Waals surface area contributed by atoms with E-state index in [0.717, 1.165) is 0 Å². The Kier molecular flexibility index (Phi) is 4.90. The molecule has 0 saturated heterocycles. The Labute approximate surface area is 146 Å². The average molecular weight is 331 g/mol. The van der Waals surface area contributed by atoms with Crippen LogP contribution < -0.4 is 4.90 Å². The Balaban J connectivity index is 1.90. The summed E-state index contributed by atoms with van der Waals surface area (Å²) >= 11 is 0. The summed E-state index contributed by atoms with van der Waals surface area (Å²) in [5.74, 6) is -0.444. The Morgan fingerprint density at radius 3 is 1.84 bits per heavy atom. The molecule has 3 rings (SSSR count). The topological polar surface area (TPSA) is 57.6 Å². The van der Waals surface area contributed by atoms with Crippen LogP contribution in [0.4, 0.5) is 11.4 Å². The van der Waals surface area contributed by atoms with Crippen LogP contribution in [0, 0.1) is 0 Å². The quantitative estimate of drug-likeness (QED) is 0.559. The van der Waals surface area contributed by atoms with Gasteiger partial charge in [0.25, 0.3) is 0 Å². The van der Waals surface area contributed by atoms with Crippen molar-refractivity contribution in [3.8, 4) is 5.75 Å². The number of hydrogen-bond acceptors (Lipinski definition) is 3. The third-order valence-electron chi connectivity index (χ3n) is 3.78. The lowest BCUT2D eigenvalue weighted by Gasteiger charge is -2.23. The minimum absolute atomic E-state index is 0.115. The Hall–Kier alpha value is -3.40. The standard InChI is InChI=1S/C21H17NO3/c23-19-13-11-18(12-14-19)22(17-9-5-2-6-10-17)21(25)15-20(24)16-7-3-1-4-8-16/h1-14,23H,15H2. The van der Waals surface area contributed by atoms with Gasteiger partial charge in [-0.3, -0.25) is 14.5 Å². The number of ketones is 1. The molecule has 1 amide bonds. The van der Waals surface area contributed by atoms with E-state index < -0.39 is 0 Å². The number of nitrogens with zero attached hydrogens (tertiary/aromatic N) is 1. The smallest absolute Gasteiger partial charge is 0.239 e. The van der Waals surface area contributed by atoms with Gasteiger partial charge in [-0.1, -0.05) is 48.5 Å². The third-order valence-corrected chi connectivity index (χ3v) is 3.78. The minimum Gasteiger partial charge on any atom is -0.508 e. The van der Waals surface area contributed by atoms with E-state index in [1.165, 1.54) is 17.0 Å². The molecule has 0 saturated carbocycles. The number of carbonyl (C=O) groups excluding carboxylic acids is 2. The Bertz CT molecular complexity index is 859. The van der Waals surface area contributed by atoms with Crippen molar-refractivity contribution in [3.05, 3.63) is 90.5 Å². The fourth-order valence-corrected chi connectivity index (χ4v) is 2.56. The van der Waals surface area contributed by atoms with E-state index in [4.69, 9.17) is 0 Å². The number of carbonyl (C=O) groups is 2. The van der Waals surface area contributed by atoms with Crippen LogP contribution in [0.3, 0.4) is 0 Å². The number of anilines is 2. The summed E-state index contributed by atoms with van der Waals surface area (Å²) in [6.45, 7) is 0. The van der Waals surface area contributed by atoms with Crippen molar-refractivity contribution in [2.75, 3.05) is 4.90 Å². The number of phenols is 1. The molecule has 0 unspecified atom stereocenters. The summed E-state index contributed by atoms with van der Waals surface area (Å²) < 4.78 is 0. The average Bonchev–Trinajstić information content (AvgIpc) is 2.65. The van der Waals surface area contributed by atoms with E-state index in [1.807, 2.05) is 24.3 Å². The molecule has 1 N–H and O–H groups in total. The number of Topliss-reactive ketones (excluding diaryl/α,β-unsaturated/α-hetero) is 1. The number of amides is 1. The molecule has 0 spiro atoms. The van der Waals surface area contributed by atoms with E-state index in [0.29, 0.717) is 16.9 Å². The molecule has 4 nitrogen and oxygen atoms in total. The number of benzene rings is 3. The van der Waals surface area contributed by atoms with Crippen molar-refractivity contribution in [1.29, 1.82) is 0 Å². The molecule has 0 heterocycles. The van der Waals surface area contributed by atoms with E-state index >= 15 is 0 Å². The first-order valence-corrected chi connectivity index (χ1v) is 7.90. The maximum absolute atomic E-state index is 12.9. The molecule has 0 bridgehead atoms. The maximum Gasteiger partial charge on any atom is 0.239 e. The Morgan fingerprint density at radius 2 is 1.24 bits per heavy atom. The fraction of sp³-hybridized carbons (Fsp3) is 0.0476. The van der Waals surface area contributed by atoms with Gasteiger partial charge in [-0.05, 0) is 36.4 Å². The second-order valence-electron chi connectivity index (χ2n) is 5.55. The summed E-state index contributed by atoms with van der Waals surface area (Å²) in [6.07, 6.45) is -0.236. The first kappa shape index (κ1) is 16.5. The van der Waals surface area contributed by atoms with Crippen LogP contribution in [0.1, 0.15) is 16.8 Å². The molecule has 124 valence electrons. The summed E-state index contributed by atoms with van der Waals surface area (Å²) in [5.41, 5.74) is 1.77. The number of hydrogen-bond donors (Lipinski definition) is 1. The summed E-state index contributed by atoms with van der Waals surface area (Å²) in [5, 5.41) is 9.48. The summed E-state index contributed by atoms with van der Waals surface area (Å²) in [4.78, 5) is 26.7. The highest BCUT2D eigenvalue weighted by molar-refractivity contribution is 6.14. The monoisotopic (exact) mass is 331 g/mol. The largest absolute Gasteiger partial charge is 0.508 e. The van der Waals surface area contributed by atoms with Gasteiger partial charge in [0.15, 0.2) is 5.78 Å². The first-order chi connectivity index (χ1) is 12.1. The van der Waals surface area contributed by atoms with Crippen LogP contribution in [-0.2, 0) is 4.79 Å². The van der Waals surface area contributed by atoms with E-state index in [9.17, 15) is 14.7 Å². The molecular formula is C21H17NO3. The van der Waals surface area contributed by atoms with Crippen molar-refractivity contribution in [2.45, 2.75) is 6.42 Å². The molecule has 0 fully saturated rings. The van der Waals surface area contributed by atoms with Gasteiger partial charge in [0.2, 0.25) is 5.91 Å². The van der Waals surface area contributed by atoms with Crippen molar-refractivity contribution in [1.82, 2.24) is 0 Å². The molecular weight excluding hydrogens is 314 g/mol. The molecule has 0 aromatic heterocycles. The van der Waals surface area contributed by atoms with Crippen molar-refractivity contribution in [3.63, 3.8) is 0 Å². The van der Waals surface area contributed by atoms with Gasteiger partial charge in [0, 0.05) is 16.9 Å². The van der Waals surface area contributed by atoms with Gasteiger partial charge >= 0.3 is 0 Å². The normalized spacial score (nSPS) is 10.2. The zero-order valence-corrected chi connectivity index (χ0v) is 13.5. The molecule has 3 aromatic rings. The first-order valence-electron chi connectivity index (χ1n) is 7.90. The number of aromatic hydroxyl groups is 1. The highest BCUT2D eigenvalue weighted by Crippen LogP contribution is 2.28. The second kappa shape index (κ2) is 7.45. The second-order valence-corrected chi connectivity index (χ2v) is 5.55. The van der Waals surface area contributed by atoms with Crippen LogP contribution in [0.5, 0.6) is 5.75 Å². The van der Waals surface area contributed by atoms with Crippen LogP contribution in [0.2, 0.25) is 0 Å². The number of phenolic OH excluding ortho intramolecular Hbond substituents is 1. The zero-order valence-electron chi connectivity index (χ0n) is 13.5. The number of rotatable bonds is 5. The van der Waals surface area contributed by atoms with Crippen LogP contribution in [-0.4, -0.2) is 16.8 Å². The highest BCUT2D eigenvalue weighted by Gasteiger charge is 2.21. The van der Waals surface area contributed by atoms with E-state index in [-0.39, 0.29) is 23.9 Å². The maximum atomic E-state index is 12.9. The molecule has 0 radical (unpaired) electrons. The van der Waals surface area contributed by atoms with Gasteiger partial charge < -0.3 is 5.11 Å². The molecule has 0 aliphatic carbocycles. The van der Waals surface area contributed by atoms with E-state index in [2.05, 4.69) is 0 Å². The van der Waals surface area contributed by atoms with Crippen LogP contribution >= 0.6 is 0 Å². The van der Waals surface area contributed by atoms with Gasteiger partial charge in [-0.15, -0.1) is 0 Å². The summed E-state index contributed by atoms with van der Waals surface area (Å²) in [7, 11) is 0. The predicted octanol–water partition coefficient (Wildman–Crippen LogP) is 4.33. The molecule has 3 aromatic carbocycles. The molecule has 0 aliphatic rings. The third kappa shape index (κ3) is 3.93. The lowest BCUT2D eigenvalue weighted by atomic mass is 10.1. The van der Waals surface area contributed by atoms with Gasteiger partial charge in [-0.25, -0.2) is 0 Å². The molecule has 0 atom stereocenters. The van der Waals surface area contributed by atoms with Crippen molar-refractivity contribution < 1.29 is 14.7 Å². The lowest BCUT2D eigenvalue weighted by Crippen LogP contribution is -2.28. The molecule has 4 heteroatoms. The van der Waals surface area contributed by atoms with Crippen molar-refractivity contribution >= 4 is 23.1 Å². The van der Waals surface area contributed by atoms with Crippen LogP contribution in [0.15, 0.2) is 84.9 Å². The molecule has 0 aliphatic heterocycles. The van der Waals surface area contributed by atoms with E-state index in [1.54, 1.807) is 48.5 Å². The SMILES string of the molecule is O=C(CC(=O)N(c1ccccc1)c1ccc(O)cc1)c1ccccc1. The van der Waals surface area contributed by atoms with Gasteiger partial charge in [0.1, 0.15) is 5.75 Å². The predicted molar refractivity (Wildman–Crippen MR) is 97.1 cm³/mol.